The molecule has 4 nitrogen and oxygen atoms in total. The van der Waals surface area contributed by atoms with Gasteiger partial charge in [-0.1, -0.05) is 32.4 Å². The van der Waals surface area contributed by atoms with Crippen molar-refractivity contribution in [3.63, 3.8) is 0 Å². The summed E-state index contributed by atoms with van der Waals surface area (Å²) in [6.45, 7) is 13.5. The monoisotopic (exact) mass is 271 g/mol. The van der Waals surface area contributed by atoms with Crippen molar-refractivity contribution in [1.82, 2.24) is 4.90 Å². The first-order valence-electron chi connectivity index (χ1n) is 7.14. The fraction of sp³-hybridized carbons (Fsp3) is 0.800. The van der Waals surface area contributed by atoms with Gasteiger partial charge in [-0.3, -0.25) is 9.69 Å². The maximum absolute atomic E-state index is 10.9. The molecule has 0 amide bonds. The number of unbranched alkanes of at least 4 members (excludes halogenated alkanes) is 1. The Bertz CT molecular complexity index is 266. The number of rotatable bonds is 12. The summed E-state index contributed by atoms with van der Waals surface area (Å²) in [5.74, 6) is -1.09. The zero-order valence-corrected chi connectivity index (χ0v) is 12.7. The Balaban J connectivity index is 3.93. The van der Waals surface area contributed by atoms with Crippen LogP contribution in [0.2, 0.25) is 0 Å². The highest BCUT2D eigenvalue weighted by Gasteiger charge is 2.15. The molecule has 0 aliphatic rings. The summed E-state index contributed by atoms with van der Waals surface area (Å²) >= 11 is 0. The minimum atomic E-state index is -0.745. The van der Waals surface area contributed by atoms with Crippen molar-refractivity contribution >= 4 is 5.97 Å². The second-order valence-electron chi connectivity index (χ2n) is 5.25. The van der Waals surface area contributed by atoms with Crippen molar-refractivity contribution in [3.05, 3.63) is 12.2 Å². The number of carboxylic acids is 1. The lowest BCUT2D eigenvalue weighted by molar-refractivity contribution is -0.141. The molecule has 1 atom stereocenters. The third-order valence-corrected chi connectivity index (χ3v) is 2.85. The van der Waals surface area contributed by atoms with Crippen LogP contribution in [-0.2, 0) is 9.53 Å². The lowest BCUT2D eigenvalue weighted by Gasteiger charge is -2.24. The van der Waals surface area contributed by atoms with Crippen LogP contribution in [0.1, 0.15) is 40.0 Å². The number of hydrogen-bond donors (Lipinski definition) is 1. The summed E-state index contributed by atoms with van der Waals surface area (Å²) in [5.41, 5.74) is 1.06. The first-order chi connectivity index (χ1) is 8.97. The quantitative estimate of drug-likeness (QED) is 0.438. The van der Waals surface area contributed by atoms with E-state index >= 15 is 0 Å². The van der Waals surface area contributed by atoms with Crippen molar-refractivity contribution in [2.45, 2.75) is 40.0 Å². The van der Waals surface area contributed by atoms with Crippen LogP contribution in [0, 0.1) is 5.92 Å². The molecule has 0 radical (unpaired) electrons. The average molecular weight is 271 g/mol. The molecule has 0 spiro atoms. The van der Waals surface area contributed by atoms with Gasteiger partial charge in [-0.15, -0.1) is 0 Å². The number of carbonyl (C=O) groups is 1. The normalized spacial score (nSPS) is 12.6. The van der Waals surface area contributed by atoms with Crippen molar-refractivity contribution in [2.75, 3.05) is 32.8 Å². The summed E-state index contributed by atoms with van der Waals surface area (Å²) in [4.78, 5) is 13.0. The summed E-state index contributed by atoms with van der Waals surface area (Å²) in [5, 5.41) is 8.96. The zero-order chi connectivity index (χ0) is 14.7. The van der Waals surface area contributed by atoms with Crippen LogP contribution in [0.3, 0.4) is 0 Å². The highest BCUT2D eigenvalue weighted by molar-refractivity contribution is 5.69. The molecule has 0 fully saturated rings. The van der Waals surface area contributed by atoms with E-state index in [-0.39, 0.29) is 5.92 Å². The molecule has 19 heavy (non-hydrogen) atoms. The Hall–Kier alpha value is -0.870. The predicted molar refractivity (Wildman–Crippen MR) is 78.4 cm³/mol. The molecule has 0 aliphatic heterocycles. The molecule has 0 rings (SSSR count). The van der Waals surface area contributed by atoms with E-state index in [0.717, 1.165) is 51.1 Å². The highest BCUT2D eigenvalue weighted by Crippen LogP contribution is 2.04. The fourth-order valence-corrected chi connectivity index (χ4v) is 1.82. The van der Waals surface area contributed by atoms with Gasteiger partial charge in [-0.2, -0.15) is 0 Å². The summed E-state index contributed by atoms with van der Waals surface area (Å²) in [6.07, 6.45) is 3.19. The van der Waals surface area contributed by atoms with E-state index < -0.39 is 5.97 Å². The Morgan fingerprint density at radius 1 is 1.37 bits per heavy atom. The third-order valence-electron chi connectivity index (χ3n) is 2.85. The molecule has 0 saturated carbocycles. The van der Waals surface area contributed by atoms with Crippen LogP contribution in [0.4, 0.5) is 0 Å². The van der Waals surface area contributed by atoms with Gasteiger partial charge in [0.05, 0.1) is 5.92 Å². The second-order valence-corrected chi connectivity index (χ2v) is 5.25. The third kappa shape index (κ3) is 10.7. The molecular formula is C15H29NO3. The van der Waals surface area contributed by atoms with Crippen molar-refractivity contribution in [2.24, 2.45) is 5.92 Å². The van der Waals surface area contributed by atoms with E-state index in [2.05, 4.69) is 18.4 Å². The largest absolute Gasteiger partial charge is 0.481 e. The van der Waals surface area contributed by atoms with E-state index in [9.17, 15) is 4.79 Å². The molecule has 1 N–H and O–H groups in total. The highest BCUT2D eigenvalue weighted by atomic mass is 16.5. The molecule has 0 aliphatic carbocycles. The molecule has 0 bridgehead atoms. The van der Waals surface area contributed by atoms with E-state index in [1.165, 1.54) is 0 Å². The van der Waals surface area contributed by atoms with Crippen LogP contribution in [0.5, 0.6) is 0 Å². The van der Waals surface area contributed by atoms with Crippen molar-refractivity contribution in [1.29, 1.82) is 0 Å². The SMILES string of the molecule is C=C(C)CN(CCCOCCCC)CC(C)C(=O)O. The van der Waals surface area contributed by atoms with E-state index in [1.54, 1.807) is 6.92 Å². The minimum Gasteiger partial charge on any atom is -0.481 e. The minimum absolute atomic E-state index is 0.347. The van der Waals surface area contributed by atoms with Gasteiger partial charge in [-0.25, -0.2) is 0 Å². The first kappa shape index (κ1) is 18.1. The van der Waals surface area contributed by atoms with E-state index in [1.807, 2.05) is 6.92 Å². The molecule has 0 aromatic carbocycles. The van der Waals surface area contributed by atoms with Crippen LogP contribution in [0.15, 0.2) is 12.2 Å². The Kier molecular flexibility index (Phi) is 10.5. The smallest absolute Gasteiger partial charge is 0.307 e. The Morgan fingerprint density at radius 3 is 2.53 bits per heavy atom. The van der Waals surface area contributed by atoms with Gasteiger partial charge in [0.25, 0.3) is 0 Å². The van der Waals surface area contributed by atoms with Crippen LogP contribution in [0.25, 0.3) is 0 Å². The number of ether oxygens (including phenoxy) is 1. The van der Waals surface area contributed by atoms with E-state index in [0.29, 0.717) is 6.54 Å². The Labute approximate surface area is 117 Å². The van der Waals surface area contributed by atoms with Gasteiger partial charge in [0.2, 0.25) is 0 Å². The molecule has 0 aromatic heterocycles. The van der Waals surface area contributed by atoms with Gasteiger partial charge in [0.15, 0.2) is 0 Å². The predicted octanol–water partition coefficient (Wildman–Crippen LogP) is 2.79. The first-order valence-corrected chi connectivity index (χ1v) is 7.14. The molecule has 4 heteroatoms. The summed E-state index contributed by atoms with van der Waals surface area (Å²) < 4.78 is 5.52. The summed E-state index contributed by atoms with van der Waals surface area (Å²) in [6, 6.07) is 0. The fourth-order valence-electron chi connectivity index (χ4n) is 1.82. The van der Waals surface area contributed by atoms with Gasteiger partial charge in [-0.05, 0) is 19.8 Å². The maximum atomic E-state index is 10.9. The van der Waals surface area contributed by atoms with E-state index in [4.69, 9.17) is 9.84 Å². The lowest BCUT2D eigenvalue weighted by Crippen LogP contribution is -2.34. The topological polar surface area (TPSA) is 49.8 Å². The van der Waals surface area contributed by atoms with Crippen LogP contribution < -0.4 is 0 Å². The molecular weight excluding hydrogens is 242 g/mol. The molecule has 0 saturated heterocycles. The van der Waals surface area contributed by atoms with Gasteiger partial charge in [0, 0.05) is 32.8 Å². The standard InChI is InChI=1S/C15H29NO3/c1-5-6-9-19-10-7-8-16(11-13(2)3)12-14(4)15(17)18/h14H,2,5-12H2,1,3-4H3,(H,17,18). The van der Waals surface area contributed by atoms with Crippen molar-refractivity contribution in [3.8, 4) is 0 Å². The van der Waals surface area contributed by atoms with Crippen LogP contribution in [-0.4, -0.2) is 48.8 Å². The van der Waals surface area contributed by atoms with Gasteiger partial charge < -0.3 is 9.84 Å². The van der Waals surface area contributed by atoms with Crippen LogP contribution >= 0.6 is 0 Å². The lowest BCUT2D eigenvalue weighted by atomic mass is 10.1. The number of aliphatic carboxylic acids is 1. The van der Waals surface area contributed by atoms with Gasteiger partial charge >= 0.3 is 5.97 Å². The molecule has 112 valence electrons. The molecule has 0 aromatic rings. The maximum Gasteiger partial charge on any atom is 0.307 e. The molecule has 1 unspecified atom stereocenters. The van der Waals surface area contributed by atoms with Crippen molar-refractivity contribution < 1.29 is 14.6 Å². The molecule has 0 heterocycles. The number of nitrogens with zero attached hydrogens (tertiary/aromatic N) is 1. The second kappa shape index (κ2) is 11.0. The number of carboxylic acid groups (broad SMARTS) is 1. The number of hydrogen-bond acceptors (Lipinski definition) is 3. The average Bonchev–Trinajstić information content (AvgIpc) is 2.32. The van der Waals surface area contributed by atoms with Gasteiger partial charge in [0.1, 0.15) is 0 Å². The Morgan fingerprint density at radius 2 is 2.00 bits per heavy atom. The zero-order valence-electron chi connectivity index (χ0n) is 12.7. The summed E-state index contributed by atoms with van der Waals surface area (Å²) in [7, 11) is 0.